The first-order chi connectivity index (χ1) is 14.4. The van der Waals surface area contributed by atoms with Crippen LogP contribution in [0.4, 0.5) is 0 Å². The predicted octanol–water partition coefficient (Wildman–Crippen LogP) is 2.43. The minimum atomic E-state index is -1.01. The van der Waals surface area contributed by atoms with Gasteiger partial charge in [0.05, 0.1) is 23.5 Å². The van der Waals surface area contributed by atoms with Crippen LogP contribution in [0.1, 0.15) is 39.7 Å². The first kappa shape index (κ1) is 20.0. The number of nitrogens with one attached hydrogen (secondary N) is 1. The molecule has 1 amide bonds. The molecule has 0 saturated carbocycles. The van der Waals surface area contributed by atoms with Gasteiger partial charge < -0.3 is 5.11 Å². The van der Waals surface area contributed by atoms with Crippen LogP contribution < -0.4 is 11.0 Å². The fourth-order valence-electron chi connectivity index (χ4n) is 3.56. The van der Waals surface area contributed by atoms with Gasteiger partial charge in [-0.15, -0.1) is 11.3 Å². The second-order valence-electron chi connectivity index (χ2n) is 7.43. The molecule has 3 aromatic rings. The first-order valence-electron chi connectivity index (χ1n) is 9.57. The molecule has 8 nitrogen and oxygen atoms in total. The van der Waals surface area contributed by atoms with E-state index in [2.05, 4.69) is 22.4 Å². The van der Waals surface area contributed by atoms with Gasteiger partial charge in [-0.3, -0.25) is 14.2 Å². The minimum absolute atomic E-state index is 0.170. The fourth-order valence-corrected chi connectivity index (χ4v) is 4.90. The summed E-state index contributed by atoms with van der Waals surface area (Å²) in [6.07, 6.45) is 5.71. The lowest BCUT2D eigenvalue weighted by molar-refractivity contribution is -0.121. The van der Waals surface area contributed by atoms with Gasteiger partial charge in [0.2, 0.25) is 0 Å². The van der Waals surface area contributed by atoms with Crippen molar-refractivity contribution in [2.24, 2.45) is 11.0 Å². The van der Waals surface area contributed by atoms with Crippen LogP contribution in [-0.4, -0.2) is 32.7 Å². The van der Waals surface area contributed by atoms with Crippen molar-refractivity contribution in [3.05, 3.63) is 62.5 Å². The summed E-state index contributed by atoms with van der Waals surface area (Å²) >= 11 is 1.57. The van der Waals surface area contributed by atoms with Crippen molar-refractivity contribution < 1.29 is 14.7 Å². The Bertz CT molecular complexity index is 1210. The minimum Gasteiger partial charge on any atom is -0.478 e. The second kappa shape index (κ2) is 8.19. The molecule has 2 heterocycles. The Balaban J connectivity index is 1.46. The van der Waals surface area contributed by atoms with E-state index < -0.39 is 11.9 Å². The highest BCUT2D eigenvalue weighted by Crippen LogP contribution is 2.35. The van der Waals surface area contributed by atoms with Gasteiger partial charge >= 0.3 is 5.97 Å². The number of aromatic carboxylic acids is 1. The molecular weight excluding hydrogens is 404 g/mol. The molecule has 1 aliphatic rings. The number of thiophene rings is 1. The lowest BCUT2D eigenvalue weighted by Crippen LogP contribution is -2.30. The number of hydrogen-bond donors (Lipinski definition) is 2. The second-order valence-corrected chi connectivity index (χ2v) is 8.51. The molecule has 0 aliphatic heterocycles. The number of fused-ring (bicyclic) bond motifs is 3. The summed E-state index contributed by atoms with van der Waals surface area (Å²) in [6, 6.07) is 6.08. The summed E-state index contributed by atoms with van der Waals surface area (Å²) in [4.78, 5) is 42.3. The highest BCUT2D eigenvalue weighted by atomic mass is 32.1. The van der Waals surface area contributed by atoms with Crippen LogP contribution in [-0.2, 0) is 24.2 Å². The third-order valence-electron chi connectivity index (χ3n) is 5.16. The van der Waals surface area contributed by atoms with Gasteiger partial charge in [0.25, 0.3) is 11.5 Å². The number of carboxylic acids is 1. The molecule has 2 N–H and O–H groups in total. The summed E-state index contributed by atoms with van der Waals surface area (Å²) in [6.45, 7) is 2.03. The van der Waals surface area contributed by atoms with Crippen molar-refractivity contribution in [3.63, 3.8) is 0 Å². The Morgan fingerprint density at radius 3 is 2.87 bits per heavy atom. The molecule has 0 saturated heterocycles. The van der Waals surface area contributed by atoms with E-state index in [1.54, 1.807) is 23.5 Å². The van der Waals surface area contributed by atoms with Crippen molar-refractivity contribution in [1.29, 1.82) is 0 Å². The summed E-state index contributed by atoms with van der Waals surface area (Å²) in [5.41, 5.74) is 4.08. The molecule has 2 aromatic heterocycles. The Hall–Kier alpha value is -3.33. The highest BCUT2D eigenvalue weighted by molar-refractivity contribution is 7.18. The number of carboxylic acid groups (broad SMARTS) is 1. The maximum Gasteiger partial charge on any atom is 0.335 e. The number of hydrazone groups is 1. The van der Waals surface area contributed by atoms with Crippen LogP contribution in [0, 0.1) is 5.92 Å². The number of rotatable bonds is 5. The summed E-state index contributed by atoms with van der Waals surface area (Å²) in [7, 11) is 0. The molecule has 4 rings (SSSR count). The Morgan fingerprint density at radius 2 is 2.13 bits per heavy atom. The molecule has 1 unspecified atom stereocenters. The van der Waals surface area contributed by atoms with Gasteiger partial charge in [0, 0.05) is 4.88 Å². The SMILES string of the molecule is CC1CCc2c(sc3ncn(CC(=O)N/N=C\c4ccc(C(=O)O)cc4)c(=O)c23)C1. The van der Waals surface area contributed by atoms with Crippen molar-refractivity contribution in [1.82, 2.24) is 15.0 Å². The van der Waals surface area contributed by atoms with Gasteiger partial charge in [-0.05, 0) is 48.4 Å². The fraction of sp³-hybridized carbons (Fsp3) is 0.286. The number of aromatic nitrogens is 2. The van der Waals surface area contributed by atoms with E-state index in [0.29, 0.717) is 16.9 Å². The standard InChI is InChI=1S/C21H20N4O4S/c1-12-2-7-15-16(8-12)30-19-18(15)20(27)25(11-22-19)10-17(26)24-23-9-13-3-5-14(6-4-13)21(28)29/h3-6,9,11-12H,2,7-8,10H2,1H3,(H,24,26)(H,28,29)/b23-9-. The number of nitrogens with zero attached hydrogens (tertiary/aromatic N) is 3. The van der Waals surface area contributed by atoms with Gasteiger partial charge in [0.1, 0.15) is 11.4 Å². The average molecular weight is 424 g/mol. The third kappa shape index (κ3) is 4.02. The van der Waals surface area contributed by atoms with E-state index in [-0.39, 0.29) is 17.7 Å². The van der Waals surface area contributed by atoms with E-state index in [1.807, 2.05) is 0 Å². The molecule has 1 aliphatic carbocycles. The number of aryl methyl sites for hydroxylation is 1. The van der Waals surface area contributed by atoms with Crippen molar-refractivity contribution in [2.45, 2.75) is 32.7 Å². The predicted molar refractivity (Wildman–Crippen MR) is 114 cm³/mol. The van der Waals surface area contributed by atoms with Crippen LogP contribution >= 0.6 is 11.3 Å². The van der Waals surface area contributed by atoms with Crippen LogP contribution in [0.15, 0.2) is 40.5 Å². The van der Waals surface area contributed by atoms with Crippen molar-refractivity contribution in [3.8, 4) is 0 Å². The van der Waals surface area contributed by atoms with Crippen LogP contribution in [0.2, 0.25) is 0 Å². The molecule has 0 spiro atoms. The molecule has 9 heteroatoms. The van der Waals surface area contributed by atoms with E-state index in [0.717, 1.165) is 29.7 Å². The van der Waals surface area contributed by atoms with E-state index in [9.17, 15) is 14.4 Å². The molecule has 0 radical (unpaired) electrons. The summed E-state index contributed by atoms with van der Waals surface area (Å²) < 4.78 is 1.31. The molecule has 1 atom stereocenters. The number of carbonyl (C=O) groups is 2. The topological polar surface area (TPSA) is 114 Å². The van der Waals surface area contributed by atoms with Crippen LogP contribution in [0.3, 0.4) is 0 Å². The summed E-state index contributed by atoms with van der Waals surface area (Å²) in [5.74, 6) is -0.852. The molecule has 30 heavy (non-hydrogen) atoms. The van der Waals surface area contributed by atoms with Gasteiger partial charge in [0.15, 0.2) is 0 Å². The zero-order valence-corrected chi connectivity index (χ0v) is 17.1. The maximum absolute atomic E-state index is 12.9. The molecule has 1 aromatic carbocycles. The van der Waals surface area contributed by atoms with Crippen LogP contribution in [0.5, 0.6) is 0 Å². The first-order valence-corrected chi connectivity index (χ1v) is 10.4. The molecule has 154 valence electrons. The Kier molecular flexibility index (Phi) is 5.45. The number of hydrogen-bond acceptors (Lipinski definition) is 6. The molecule has 0 fully saturated rings. The quantitative estimate of drug-likeness (QED) is 0.482. The third-order valence-corrected chi connectivity index (χ3v) is 6.32. The lowest BCUT2D eigenvalue weighted by Gasteiger charge is -2.17. The summed E-state index contributed by atoms with van der Waals surface area (Å²) in [5, 5.41) is 13.4. The van der Waals surface area contributed by atoms with E-state index in [4.69, 9.17) is 5.11 Å². The highest BCUT2D eigenvalue weighted by Gasteiger charge is 2.23. The average Bonchev–Trinajstić information content (AvgIpc) is 3.08. The number of carbonyl (C=O) groups excluding carboxylic acids is 1. The van der Waals surface area contributed by atoms with Crippen LogP contribution in [0.25, 0.3) is 10.2 Å². The van der Waals surface area contributed by atoms with E-state index >= 15 is 0 Å². The van der Waals surface area contributed by atoms with Crippen molar-refractivity contribution in [2.75, 3.05) is 0 Å². The smallest absolute Gasteiger partial charge is 0.335 e. The Labute approximate surface area is 175 Å². The van der Waals surface area contributed by atoms with Crippen molar-refractivity contribution >= 4 is 39.6 Å². The largest absolute Gasteiger partial charge is 0.478 e. The van der Waals surface area contributed by atoms with Gasteiger partial charge in [-0.1, -0.05) is 19.1 Å². The molecular formula is C21H20N4O4S. The number of benzene rings is 1. The maximum atomic E-state index is 12.9. The van der Waals surface area contributed by atoms with Gasteiger partial charge in [-0.25, -0.2) is 15.2 Å². The molecule has 0 bridgehead atoms. The monoisotopic (exact) mass is 424 g/mol. The zero-order valence-electron chi connectivity index (χ0n) is 16.3. The lowest BCUT2D eigenvalue weighted by atomic mass is 9.89. The Morgan fingerprint density at radius 1 is 1.37 bits per heavy atom. The zero-order chi connectivity index (χ0) is 21.3. The number of amides is 1. The van der Waals surface area contributed by atoms with Gasteiger partial charge in [-0.2, -0.15) is 5.10 Å². The normalized spacial score (nSPS) is 16.0. The van der Waals surface area contributed by atoms with E-state index in [1.165, 1.54) is 34.1 Å².